The zero-order chi connectivity index (χ0) is 14.9. The second-order valence-electron chi connectivity index (χ2n) is 4.98. The van der Waals surface area contributed by atoms with Crippen LogP contribution in [0.1, 0.15) is 17.7 Å². The summed E-state index contributed by atoms with van der Waals surface area (Å²) in [5.41, 5.74) is 2.86. The van der Waals surface area contributed by atoms with E-state index >= 15 is 0 Å². The second kappa shape index (κ2) is 6.04. The number of alkyl halides is 1. The molecule has 0 radical (unpaired) electrons. The van der Waals surface area contributed by atoms with Crippen LogP contribution in [0.5, 0.6) is 0 Å². The number of thiazole rings is 1. The first kappa shape index (κ1) is 15.0. The summed E-state index contributed by atoms with van der Waals surface area (Å²) in [5.74, 6) is 0.667. The molecule has 2 heterocycles. The molecule has 0 spiro atoms. The molecule has 0 bridgehead atoms. The highest BCUT2D eigenvalue weighted by molar-refractivity contribution is 7.89. The number of rotatable bonds is 4. The smallest absolute Gasteiger partial charge is 0.214 e. The zero-order valence-electron chi connectivity index (χ0n) is 11.3. The number of sulfonamides is 1. The largest absolute Gasteiger partial charge is 0.240 e. The third-order valence-corrected chi connectivity index (χ3v) is 6.54. The lowest BCUT2D eigenvalue weighted by atomic mass is 10.1. The van der Waals surface area contributed by atoms with Crippen LogP contribution in [0.2, 0.25) is 0 Å². The molecule has 0 saturated carbocycles. The summed E-state index contributed by atoms with van der Waals surface area (Å²) in [6, 6.07) is 7.88. The van der Waals surface area contributed by atoms with Gasteiger partial charge in [0.15, 0.2) is 0 Å². The van der Waals surface area contributed by atoms with E-state index in [0.29, 0.717) is 25.4 Å². The van der Waals surface area contributed by atoms with Crippen molar-refractivity contribution in [1.29, 1.82) is 0 Å². The van der Waals surface area contributed by atoms with Gasteiger partial charge in [0.25, 0.3) is 0 Å². The summed E-state index contributed by atoms with van der Waals surface area (Å²) in [4.78, 5) is 4.46. The van der Waals surface area contributed by atoms with Gasteiger partial charge >= 0.3 is 0 Å². The average molecular weight is 343 g/mol. The molecule has 7 heteroatoms. The maximum absolute atomic E-state index is 11.9. The number of nitrogens with zero attached hydrogens (tertiary/aromatic N) is 2. The Morgan fingerprint density at radius 1 is 1.38 bits per heavy atom. The maximum Gasteiger partial charge on any atom is 0.214 e. The molecule has 0 aliphatic carbocycles. The van der Waals surface area contributed by atoms with Crippen molar-refractivity contribution in [1.82, 2.24) is 9.29 Å². The molecule has 1 aromatic carbocycles. The molecule has 1 saturated heterocycles. The standard InChI is InChI=1S/C14H15ClN2O2S2/c15-8-13-10-20-14(16-13)12-4-1-3-11(7-12)9-17-5-2-6-21(17,18)19/h1,3-4,7,10H,2,5-6,8-9H2. The fraction of sp³-hybridized carbons (Fsp3) is 0.357. The van der Waals surface area contributed by atoms with Crippen LogP contribution in [-0.2, 0) is 22.4 Å². The van der Waals surface area contributed by atoms with Crippen molar-refractivity contribution in [2.75, 3.05) is 12.3 Å². The van der Waals surface area contributed by atoms with Crippen LogP contribution in [0.15, 0.2) is 29.6 Å². The maximum atomic E-state index is 11.9. The Kier molecular flexibility index (Phi) is 4.31. The summed E-state index contributed by atoms with van der Waals surface area (Å²) in [7, 11) is -3.06. The molecule has 2 aromatic rings. The van der Waals surface area contributed by atoms with Gasteiger partial charge in [0.2, 0.25) is 10.0 Å². The van der Waals surface area contributed by atoms with Crippen molar-refractivity contribution in [3.05, 3.63) is 40.9 Å². The van der Waals surface area contributed by atoms with E-state index < -0.39 is 10.0 Å². The van der Waals surface area contributed by atoms with E-state index in [4.69, 9.17) is 11.6 Å². The molecule has 0 unspecified atom stereocenters. The first-order valence-electron chi connectivity index (χ1n) is 6.66. The quantitative estimate of drug-likeness (QED) is 0.802. The first-order valence-corrected chi connectivity index (χ1v) is 9.68. The molecule has 21 heavy (non-hydrogen) atoms. The Morgan fingerprint density at radius 3 is 2.90 bits per heavy atom. The molecule has 0 amide bonds. The molecule has 0 N–H and O–H groups in total. The van der Waals surface area contributed by atoms with Gasteiger partial charge in [-0.15, -0.1) is 22.9 Å². The number of hydrogen-bond donors (Lipinski definition) is 0. The van der Waals surface area contributed by atoms with E-state index in [1.54, 1.807) is 15.6 Å². The first-order chi connectivity index (χ1) is 10.1. The SMILES string of the molecule is O=S1(=O)CCCN1Cc1cccc(-c2nc(CCl)cs2)c1. The van der Waals surface area contributed by atoms with Crippen LogP contribution >= 0.6 is 22.9 Å². The predicted octanol–water partition coefficient (Wildman–Crippen LogP) is 3.08. The summed E-state index contributed by atoms with van der Waals surface area (Å²) < 4.78 is 25.3. The van der Waals surface area contributed by atoms with Gasteiger partial charge in [-0.3, -0.25) is 0 Å². The van der Waals surface area contributed by atoms with Crippen molar-refractivity contribution in [2.24, 2.45) is 0 Å². The van der Waals surface area contributed by atoms with Crippen molar-refractivity contribution < 1.29 is 8.42 Å². The van der Waals surface area contributed by atoms with E-state index in [0.717, 1.165) is 21.8 Å². The van der Waals surface area contributed by atoms with Crippen LogP contribution in [0.25, 0.3) is 10.6 Å². The lowest BCUT2D eigenvalue weighted by molar-refractivity contribution is 0.440. The van der Waals surface area contributed by atoms with Crippen LogP contribution in [-0.4, -0.2) is 30.0 Å². The Balaban J connectivity index is 1.83. The van der Waals surface area contributed by atoms with E-state index in [2.05, 4.69) is 4.98 Å². The number of aromatic nitrogens is 1. The van der Waals surface area contributed by atoms with Gasteiger partial charge in [0.05, 0.1) is 17.3 Å². The summed E-state index contributed by atoms with van der Waals surface area (Å²) in [6.45, 7) is 1.05. The van der Waals surface area contributed by atoms with Crippen molar-refractivity contribution >= 4 is 33.0 Å². The van der Waals surface area contributed by atoms with E-state index in [1.165, 1.54) is 0 Å². The van der Waals surface area contributed by atoms with Gasteiger partial charge in [0, 0.05) is 24.0 Å². The van der Waals surface area contributed by atoms with Gasteiger partial charge in [-0.25, -0.2) is 13.4 Å². The fourth-order valence-corrected chi connectivity index (χ4v) is 4.93. The Hall–Kier alpha value is -0.950. The number of hydrogen-bond acceptors (Lipinski definition) is 4. The van der Waals surface area contributed by atoms with Gasteiger partial charge in [-0.2, -0.15) is 4.31 Å². The third kappa shape index (κ3) is 3.29. The predicted molar refractivity (Wildman–Crippen MR) is 85.9 cm³/mol. The highest BCUT2D eigenvalue weighted by Crippen LogP contribution is 2.26. The van der Waals surface area contributed by atoms with Crippen molar-refractivity contribution in [3.63, 3.8) is 0 Å². The van der Waals surface area contributed by atoms with Crippen LogP contribution in [0.3, 0.4) is 0 Å². The molecule has 1 aliphatic heterocycles. The highest BCUT2D eigenvalue weighted by Gasteiger charge is 2.27. The molecular formula is C14H15ClN2O2S2. The zero-order valence-corrected chi connectivity index (χ0v) is 13.7. The molecule has 1 aliphatic rings. The van der Waals surface area contributed by atoms with Gasteiger partial charge < -0.3 is 0 Å². The van der Waals surface area contributed by atoms with Gasteiger partial charge in [0.1, 0.15) is 5.01 Å². The minimum absolute atomic E-state index is 0.262. The Morgan fingerprint density at radius 2 is 2.24 bits per heavy atom. The fourth-order valence-electron chi connectivity index (χ4n) is 2.38. The molecule has 3 rings (SSSR count). The lowest BCUT2D eigenvalue weighted by Crippen LogP contribution is -2.25. The van der Waals surface area contributed by atoms with E-state index in [1.807, 2.05) is 29.6 Å². The molecule has 112 valence electrons. The molecule has 4 nitrogen and oxygen atoms in total. The van der Waals surface area contributed by atoms with E-state index in [9.17, 15) is 8.42 Å². The normalized spacial score (nSPS) is 18.1. The van der Waals surface area contributed by atoms with Gasteiger partial charge in [-0.05, 0) is 18.1 Å². The summed E-state index contributed by atoms with van der Waals surface area (Å²) in [5, 5.41) is 2.86. The van der Waals surface area contributed by atoms with Crippen molar-refractivity contribution in [2.45, 2.75) is 18.8 Å². The third-order valence-electron chi connectivity index (χ3n) is 3.42. The monoisotopic (exact) mass is 342 g/mol. The summed E-state index contributed by atoms with van der Waals surface area (Å²) in [6.07, 6.45) is 0.716. The van der Waals surface area contributed by atoms with E-state index in [-0.39, 0.29) is 5.75 Å². The number of benzene rings is 1. The Bertz CT molecular complexity index is 743. The van der Waals surface area contributed by atoms with Gasteiger partial charge in [-0.1, -0.05) is 18.2 Å². The molecular weight excluding hydrogens is 328 g/mol. The Labute approximate surface area is 133 Å². The molecule has 0 atom stereocenters. The summed E-state index contributed by atoms with van der Waals surface area (Å²) >= 11 is 7.33. The van der Waals surface area contributed by atoms with Crippen LogP contribution < -0.4 is 0 Å². The van der Waals surface area contributed by atoms with Crippen molar-refractivity contribution in [3.8, 4) is 10.6 Å². The van der Waals surface area contributed by atoms with Crippen LogP contribution in [0.4, 0.5) is 0 Å². The molecule has 1 aromatic heterocycles. The minimum atomic E-state index is -3.06. The second-order valence-corrected chi connectivity index (χ2v) is 8.19. The topological polar surface area (TPSA) is 50.3 Å². The average Bonchev–Trinajstić information content (AvgIpc) is 3.06. The lowest BCUT2D eigenvalue weighted by Gasteiger charge is -2.14. The number of halogens is 1. The van der Waals surface area contributed by atoms with Crippen LogP contribution in [0, 0.1) is 0 Å². The molecule has 1 fully saturated rings. The highest BCUT2D eigenvalue weighted by atomic mass is 35.5. The minimum Gasteiger partial charge on any atom is -0.240 e.